The lowest BCUT2D eigenvalue weighted by Gasteiger charge is -2.22. The van der Waals surface area contributed by atoms with Crippen molar-refractivity contribution in [2.24, 2.45) is 5.73 Å². The number of alkyl halides is 9. The van der Waals surface area contributed by atoms with E-state index in [1.165, 1.54) is 65.8 Å². The highest BCUT2D eigenvalue weighted by Gasteiger charge is 2.40. The van der Waals surface area contributed by atoms with Crippen molar-refractivity contribution < 1.29 is 81.3 Å². The van der Waals surface area contributed by atoms with Gasteiger partial charge >= 0.3 is 30.5 Å². The topological polar surface area (TPSA) is 191 Å². The number of methoxy groups -OCH3 is 1. The Kier molecular flexibility index (Phi) is 16.8. The van der Waals surface area contributed by atoms with E-state index in [0.29, 0.717) is 36.3 Å². The Balaban J connectivity index is 0.000000294. The van der Waals surface area contributed by atoms with Crippen LogP contribution in [-0.4, -0.2) is 83.1 Å². The molecule has 1 aromatic carbocycles. The summed E-state index contributed by atoms with van der Waals surface area (Å²) in [4.78, 5) is 51.5. The van der Waals surface area contributed by atoms with Crippen LogP contribution in [0.2, 0.25) is 0 Å². The summed E-state index contributed by atoms with van der Waals surface area (Å²) in [6.45, 7) is 1.19. The second-order valence-electron chi connectivity index (χ2n) is 15.2. The molecular formula is C44H35ClF13N9O5. The van der Waals surface area contributed by atoms with E-state index in [1.807, 2.05) is 10.6 Å². The maximum atomic E-state index is 14.7. The first kappa shape index (κ1) is 55.4. The lowest BCUT2D eigenvalue weighted by atomic mass is 10.0. The number of halogens is 14. The van der Waals surface area contributed by atoms with Gasteiger partial charge in [-0.05, 0) is 55.0 Å². The summed E-state index contributed by atoms with van der Waals surface area (Å²) in [7, 11) is 1.21. The van der Waals surface area contributed by atoms with Crippen LogP contribution in [0.15, 0.2) is 85.7 Å². The average Bonchev–Trinajstić information content (AvgIpc) is 3.99. The van der Waals surface area contributed by atoms with Crippen molar-refractivity contribution in [3.05, 3.63) is 137 Å². The molecule has 0 aliphatic heterocycles. The molecule has 0 saturated heterocycles. The van der Waals surface area contributed by atoms with Crippen LogP contribution in [-0.2, 0) is 39.5 Å². The summed E-state index contributed by atoms with van der Waals surface area (Å²) in [5, 5.41) is 13.6. The van der Waals surface area contributed by atoms with E-state index >= 15 is 0 Å². The molecule has 0 spiro atoms. The van der Waals surface area contributed by atoms with E-state index in [0.717, 1.165) is 6.07 Å². The molecule has 1 amide bonds. The third-order valence-electron chi connectivity index (χ3n) is 10.5. The number of benzene rings is 1. The molecule has 7 aromatic rings. The van der Waals surface area contributed by atoms with Gasteiger partial charge in [-0.3, -0.25) is 19.6 Å². The summed E-state index contributed by atoms with van der Waals surface area (Å²) in [6, 6.07) is 1.85. The fourth-order valence-electron chi connectivity index (χ4n) is 7.17. The molecule has 0 fully saturated rings. The number of carbonyl (C=O) groups excluding carboxylic acids is 2. The van der Waals surface area contributed by atoms with Gasteiger partial charge in [0.05, 0.1) is 42.0 Å². The summed E-state index contributed by atoms with van der Waals surface area (Å²) in [5.74, 6) is -9.28. The molecular weight excluding hydrogens is 1020 g/mol. The third-order valence-corrected chi connectivity index (χ3v) is 10.5. The van der Waals surface area contributed by atoms with E-state index in [4.69, 9.17) is 5.73 Å². The van der Waals surface area contributed by atoms with E-state index in [9.17, 15) is 76.6 Å². The fourth-order valence-corrected chi connectivity index (χ4v) is 7.17. The van der Waals surface area contributed by atoms with Gasteiger partial charge in [0.1, 0.15) is 58.3 Å². The van der Waals surface area contributed by atoms with Crippen LogP contribution < -0.4 is 16.4 Å². The SMILES string of the molecule is CC[C@@H](Nc1cc(F)c(C(=O)N[C@@H](Cc2ccc(-c3ncc(F)cc3C(F)(F)F)c3nccn23)C(=O)O)c(F)c1)C(F)(F)F.COC(=O)[C@@H](N)Cc1ccc(-c2ncc(F)cc2C(F)(F)F)c2nccn12.Cl. The molecule has 0 bridgehead atoms. The van der Waals surface area contributed by atoms with E-state index in [1.54, 1.807) is 0 Å². The number of nitrogens with zero attached hydrogens (tertiary/aromatic N) is 6. The molecule has 28 heteroatoms. The average molecular weight is 1050 g/mol. The van der Waals surface area contributed by atoms with Gasteiger partial charge in [0.15, 0.2) is 0 Å². The predicted octanol–water partition coefficient (Wildman–Crippen LogP) is 9.03. The zero-order valence-electron chi connectivity index (χ0n) is 36.6. The lowest BCUT2D eigenvalue weighted by molar-refractivity contribution is -0.143. The Labute approximate surface area is 402 Å². The number of carbonyl (C=O) groups is 3. The van der Waals surface area contributed by atoms with Crippen molar-refractivity contribution in [2.45, 2.75) is 62.8 Å². The molecule has 0 saturated carbocycles. The number of ether oxygens (including phenoxy) is 1. The molecule has 72 heavy (non-hydrogen) atoms. The van der Waals surface area contributed by atoms with Crippen LogP contribution in [0.4, 0.5) is 62.8 Å². The number of aliphatic carboxylic acids is 1. The number of pyridine rings is 4. The second-order valence-corrected chi connectivity index (χ2v) is 15.2. The van der Waals surface area contributed by atoms with Crippen molar-refractivity contribution in [3.8, 4) is 22.5 Å². The lowest BCUT2D eigenvalue weighted by Crippen LogP contribution is -2.43. The Morgan fingerprint density at radius 2 is 1.18 bits per heavy atom. The summed E-state index contributed by atoms with van der Waals surface area (Å²) >= 11 is 0. The molecule has 6 heterocycles. The van der Waals surface area contributed by atoms with Crippen LogP contribution in [0.1, 0.15) is 46.2 Å². The molecule has 0 aliphatic rings. The molecule has 6 aromatic heterocycles. The van der Waals surface area contributed by atoms with E-state index < -0.39 is 124 Å². The van der Waals surface area contributed by atoms with E-state index in [-0.39, 0.29) is 53.0 Å². The minimum absolute atomic E-state index is 0. The van der Waals surface area contributed by atoms with Crippen molar-refractivity contribution in [3.63, 3.8) is 0 Å². The minimum Gasteiger partial charge on any atom is -0.480 e. The Morgan fingerprint density at radius 3 is 1.58 bits per heavy atom. The molecule has 5 N–H and O–H groups in total. The van der Waals surface area contributed by atoms with Gasteiger partial charge in [-0.15, -0.1) is 12.4 Å². The number of fused-ring (bicyclic) bond motifs is 2. The zero-order valence-corrected chi connectivity index (χ0v) is 37.4. The molecule has 0 aliphatic carbocycles. The third kappa shape index (κ3) is 12.3. The van der Waals surface area contributed by atoms with E-state index in [2.05, 4.69) is 24.7 Å². The van der Waals surface area contributed by atoms with Gasteiger partial charge in [0.25, 0.3) is 5.91 Å². The number of nitrogens with one attached hydrogen (secondary N) is 2. The number of rotatable bonds is 13. The first-order valence-corrected chi connectivity index (χ1v) is 20.3. The molecule has 384 valence electrons. The number of amides is 1. The highest BCUT2D eigenvalue weighted by molar-refractivity contribution is 5.97. The number of esters is 1. The maximum Gasteiger partial charge on any atom is 0.418 e. The zero-order chi connectivity index (χ0) is 52.3. The predicted molar refractivity (Wildman–Crippen MR) is 230 cm³/mol. The fraction of sp³-hybridized carbons (Fsp3) is 0.250. The molecule has 3 atom stereocenters. The van der Waals surface area contributed by atoms with Crippen LogP contribution in [0.5, 0.6) is 0 Å². The van der Waals surface area contributed by atoms with Crippen molar-refractivity contribution in [2.75, 3.05) is 12.4 Å². The Morgan fingerprint density at radius 1 is 0.722 bits per heavy atom. The van der Waals surface area contributed by atoms with Crippen LogP contribution in [0, 0.1) is 23.3 Å². The molecule has 14 nitrogen and oxygen atoms in total. The molecule has 0 unspecified atom stereocenters. The van der Waals surface area contributed by atoms with Gasteiger partial charge in [-0.2, -0.15) is 39.5 Å². The van der Waals surface area contributed by atoms with Gasteiger partial charge in [-0.1, -0.05) is 6.92 Å². The highest BCUT2D eigenvalue weighted by Crippen LogP contribution is 2.39. The number of hydrogen-bond donors (Lipinski definition) is 4. The first-order valence-electron chi connectivity index (χ1n) is 20.3. The standard InChI is InChI=1S/C27H20F9N5O3.C17H14F4N4O2.ClH/c1-2-20(27(34,35)36)39-13-8-17(29)21(18(30)9-13)24(42)40-19(25(43)44)10-14-3-4-15(23-37-5-6-41(14)23)22-16(26(31,32)33)7-12(28)11-38-22;1-27-16(26)13(22)7-10-2-3-11(15-23-4-5-25(10)15)14-12(17(19,20)21)6-9(18)8-24-14;/h3-9,11,19-20,39H,2,10H2,1H3,(H,40,42)(H,43,44);2-6,8,13H,7,22H2,1H3;1H/t19-,20+;13-;/m00./s1. The quantitative estimate of drug-likeness (QED) is 0.0637. The monoisotopic (exact) mass is 1050 g/mol. The number of hydrogen-bond acceptors (Lipinski definition) is 10. The van der Waals surface area contributed by atoms with Crippen LogP contribution in [0.3, 0.4) is 0 Å². The number of nitrogens with two attached hydrogens (primary N) is 1. The van der Waals surface area contributed by atoms with Gasteiger partial charge in [0, 0.05) is 65.8 Å². The smallest absolute Gasteiger partial charge is 0.418 e. The number of aromatic nitrogens is 6. The highest BCUT2D eigenvalue weighted by atomic mass is 35.5. The number of carboxylic acids is 1. The van der Waals surface area contributed by atoms with Gasteiger partial charge in [-0.25, -0.2) is 32.3 Å². The molecule has 0 radical (unpaired) electrons. The molecule has 7 rings (SSSR count). The Hall–Kier alpha value is -7.55. The van der Waals surface area contributed by atoms with Crippen LogP contribution in [0.25, 0.3) is 33.8 Å². The number of anilines is 1. The number of carboxylic acid groups (broad SMARTS) is 1. The summed E-state index contributed by atoms with van der Waals surface area (Å²) in [5.41, 5.74) is 0.742. The largest absolute Gasteiger partial charge is 0.480 e. The van der Waals surface area contributed by atoms with Crippen molar-refractivity contribution >= 4 is 47.2 Å². The van der Waals surface area contributed by atoms with Crippen molar-refractivity contribution in [1.82, 2.24) is 34.1 Å². The maximum absolute atomic E-state index is 14.7. The second kappa shape index (κ2) is 21.8. The van der Waals surface area contributed by atoms with Crippen molar-refractivity contribution in [1.29, 1.82) is 0 Å². The normalized spacial score (nSPS) is 13.1. The van der Waals surface area contributed by atoms with Gasteiger partial charge in [0.2, 0.25) is 0 Å². The number of imidazole rings is 2. The van der Waals surface area contributed by atoms with Crippen LogP contribution >= 0.6 is 12.4 Å². The first-order chi connectivity index (χ1) is 33.2. The minimum atomic E-state index is -4.99. The Bertz CT molecular complexity index is 3100. The van der Waals surface area contributed by atoms with Gasteiger partial charge < -0.3 is 35.0 Å². The summed E-state index contributed by atoms with van der Waals surface area (Å²) in [6.07, 6.45) is -8.81. The summed E-state index contributed by atoms with van der Waals surface area (Å²) < 4.78 is 183.